The molecular weight excluding hydrogens is 206 g/mol. The standard InChI is InChI=1S/C12H15NOS/c14-15-9-12(10-15)7-13(8-12)6-11-4-2-1-3-5-11/h1-5H,6-10H2. The summed E-state index contributed by atoms with van der Waals surface area (Å²) < 4.78 is 11.1. The minimum Gasteiger partial charge on any atom is -0.298 e. The van der Waals surface area contributed by atoms with E-state index in [2.05, 4.69) is 35.2 Å². The molecule has 1 aromatic rings. The van der Waals surface area contributed by atoms with Gasteiger partial charge in [0.2, 0.25) is 0 Å². The third-order valence-electron chi connectivity index (χ3n) is 3.30. The first-order chi connectivity index (χ1) is 7.26. The maximum atomic E-state index is 11.1. The fraction of sp³-hybridized carbons (Fsp3) is 0.500. The van der Waals surface area contributed by atoms with Crippen molar-refractivity contribution in [3.05, 3.63) is 35.9 Å². The summed E-state index contributed by atoms with van der Waals surface area (Å²) in [5, 5.41) is 0. The van der Waals surface area contributed by atoms with Gasteiger partial charge in [-0.2, -0.15) is 0 Å². The largest absolute Gasteiger partial charge is 0.298 e. The fourth-order valence-electron chi connectivity index (χ4n) is 2.68. The molecule has 0 unspecified atom stereocenters. The van der Waals surface area contributed by atoms with Crippen molar-refractivity contribution in [1.29, 1.82) is 0 Å². The third kappa shape index (κ3) is 1.74. The molecule has 0 amide bonds. The molecule has 0 aliphatic carbocycles. The van der Waals surface area contributed by atoms with E-state index in [1.165, 1.54) is 5.56 Å². The Morgan fingerprint density at radius 3 is 2.47 bits per heavy atom. The van der Waals surface area contributed by atoms with Crippen molar-refractivity contribution in [3.8, 4) is 0 Å². The highest BCUT2D eigenvalue weighted by molar-refractivity contribution is 7.86. The van der Waals surface area contributed by atoms with Gasteiger partial charge in [0.05, 0.1) is 0 Å². The van der Waals surface area contributed by atoms with Crippen LogP contribution in [-0.2, 0) is 17.3 Å². The van der Waals surface area contributed by atoms with E-state index >= 15 is 0 Å². The van der Waals surface area contributed by atoms with Gasteiger partial charge >= 0.3 is 0 Å². The van der Waals surface area contributed by atoms with Crippen LogP contribution < -0.4 is 0 Å². The van der Waals surface area contributed by atoms with Crippen LogP contribution in [0.5, 0.6) is 0 Å². The van der Waals surface area contributed by atoms with Crippen LogP contribution in [0.4, 0.5) is 0 Å². The van der Waals surface area contributed by atoms with E-state index in [0.717, 1.165) is 31.1 Å². The fourth-order valence-corrected chi connectivity index (χ4v) is 4.33. The zero-order chi connectivity index (χ0) is 10.3. The Labute approximate surface area is 92.7 Å². The Bertz CT molecular complexity index is 374. The Morgan fingerprint density at radius 2 is 1.87 bits per heavy atom. The maximum Gasteiger partial charge on any atom is 0.0325 e. The molecule has 80 valence electrons. The van der Waals surface area contributed by atoms with Crippen LogP contribution in [0.3, 0.4) is 0 Å². The molecule has 2 fully saturated rings. The topological polar surface area (TPSA) is 20.3 Å². The molecule has 2 aliphatic heterocycles. The second-order valence-corrected chi connectivity index (χ2v) is 6.32. The number of hydrogen-bond donors (Lipinski definition) is 0. The van der Waals surface area contributed by atoms with Crippen molar-refractivity contribution in [2.24, 2.45) is 5.41 Å². The number of likely N-dealkylation sites (tertiary alicyclic amines) is 1. The molecule has 0 aromatic heterocycles. The summed E-state index contributed by atoms with van der Waals surface area (Å²) in [6.07, 6.45) is 0. The van der Waals surface area contributed by atoms with Crippen molar-refractivity contribution in [2.75, 3.05) is 24.6 Å². The number of hydrogen-bond acceptors (Lipinski definition) is 2. The minimum absolute atomic E-state index is 0.444. The predicted molar refractivity (Wildman–Crippen MR) is 62.0 cm³/mol. The quantitative estimate of drug-likeness (QED) is 0.749. The lowest BCUT2D eigenvalue weighted by molar-refractivity contribution is 0.0205. The van der Waals surface area contributed by atoms with Crippen molar-refractivity contribution in [3.63, 3.8) is 0 Å². The van der Waals surface area contributed by atoms with E-state index in [4.69, 9.17) is 0 Å². The predicted octanol–water partition coefficient (Wildman–Crippen LogP) is 1.25. The monoisotopic (exact) mass is 221 g/mol. The number of nitrogens with zero attached hydrogens (tertiary/aromatic N) is 1. The van der Waals surface area contributed by atoms with Gasteiger partial charge in [-0.25, -0.2) is 0 Å². The first-order valence-corrected chi connectivity index (χ1v) is 6.86. The van der Waals surface area contributed by atoms with Gasteiger partial charge in [-0.1, -0.05) is 30.3 Å². The molecule has 0 saturated carbocycles. The molecule has 0 atom stereocenters. The lowest BCUT2D eigenvalue weighted by Gasteiger charge is -2.55. The van der Waals surface area contributed by atoms with Gasteiger partial charge in [0.1, 0.15) is 0 Å². The molecule has 2 heterocycles. The Balaban J connectivity index is 1.54. The summed E-state index contributed by atoms with van der Waals surface area (Å²) in [7, 11) is -0.498. The first-order valence-electron chi connectivity index (χ1n) is 5.37. The van der Waals surface area contributed by atoms with Crippen LogP contribution in [-0.4, -0.2) is 33.7 Å². The summed E-state index contributed by atoms with van der Waals surface area (Å²) in [6.45, 7) is 3.34. The normalized spacial score (nSPS) is 24.8. The molecule has 2 saturated heterocycles. The van der Waals surface area contributed by atoms with Crippen LogP contribution in [0, 0.1) is 5.41 Å². The van der Waals surface area contributed by atoms with Crippen LogP contribution in [0.25, 0.3) is 0 Å². The smallest absolute Gasteiger partial charge is 0.0325 e. The Hall–Kier alpha value is -0.670. The molecule has 0 N–H and O–H groups in total. The summed E-state index contributed by atoms with van der Waals surface area (Å²) in [5.41, 5.74) is 1.83. The van der Waals surface area contributed by atoms with Gasteiger partial charge in [-0.05, 0) is 5.56 Å². The van der Waals surface area contributed by atoms with E-state index in [1.807, 2.05) is 0 Å². The van der Waals surface area contributed by atoms with Crippen molar-refractivity contribution in [1.82, 2.24) is 4.90 Å². The molecule has 0 radical (unpaired) electrons. The first kappa shape index (κ1) is 9.55. The number of rotatable bonds is 2. The second-order valence-electron chi connectivity index (χ2n) is 4.86. The molecule has 3 rings (SSSR count). The van der Waals surface area contributed by atoms with Crippen LogP contribution in [0.1, 0.15) is 5.56 Å². The van der Waals surface area contributed by atoms with Gasteiger partial charge < -0.3 is 0 Å². The summed E-state index contributed by atoms with van der Waals surface area (Å²) in [4.78, 5) is 2.45. The highest BCUT2D eigenvalue weighted by atomic mass is 32.2. The molecule has 0 bridgehead atoms. The lowest BCUT2D eigenvalue weighted by atomic mass is 9.82. The van der Waals surface area contributed by atoms with Crippen LogP contribution in [0.15, 0.2) is 30.3 Å². The van der Waals surface area contributed by atoms with Gasteiger partial charge in [0, 0.05) is 47.4 Å². The summed E-state index contributed by atoms with van der Waals surface area (Å²) in [5.74, 6) is 1.89. The zero-order valence-electron chi connectivity index (χ0n) is 8.69. The van der Waals surface area contributed by atoms with Crippen molar-refractivity contribution < 1.29 is 4.21 Å². The van der Waals surface area contributed by atoms with Crippen LogP contribution in [0.2, 0.25) is 0 Å². The highest BCUT2D eigenvalue weighted by Gasteiger charge is 2.51. The summed E-state index contributed by atoms with van der Waals surface area (Å²) >= 11 is 0. The van der Waals surface area contributed by atoms with Crippen LogP contribution >= 0.6 is 0 Å². The molecule has 3 heteroatoms. The van der Waals surface area contributed by atoms with E-state index in [9.17, 15) is 4.21 Å². The molecule has 15 heavy (non-hydrogen) atoms. The van der Waals surface area contributed by atoms with E-state index in [0.29, 0.717) is 5.41 Å². The van der Waals surface area contributed by atoms with Gasteiger partial charge in [-0.15, -0.1) is 0 Å². The molecule has 2 aliphatic rings. The molecule has 1 spiro atoms. The average Bonchev–Trinajstić information content (AvgIpc) is 2.14. The van der Waals surface area contributed by atoms with E-state index in [-0.39, 0.29) is 0 Å². The Kier molecular flexibility index (Phi) is 2.18. The lowest BCUT2D eigenvalue weighted by Crippen LogP contribution is -2.66. The molecule has 2 nitrogen and oxygen atoms in total. The maximum absolute atomic E-state index is 11.1. The highest BCUT2D eigenvalue weighted by Crippen LogP contribution is 2.40. The number of benzene rings is 1. The average molecular weight is 221 g/mol. The van der Waals surface area contributed by atoms with E-state index in [1.54, 1.807) is 0 Å². The SMILES string of the molecule is O=S1CC2(CN(Cc3ccccc3)C2)C1. The summed E-state index contributed by atoms with van der Waals surface area (Å²) in [6, 6.07) is 10.6. The Morgan fingerprint density at radius 1 is 1.20 bits per heavy atom. The zero-order valence-corrected chi connectivity index (χ0v) is 9.50. The van der Waals surface area contributed by atoms with Crippen molar-refractivity contribution in [2.45, 2.75) is 6.54 Å². The van der Waals surface area contributed by atoms with Gasteiger partial charge in [0.25, 0.3) is 0 Å². The van der Waals surface area contributed by atoms with E-state index < -0.39 is 10.8 Å². The molecule has 1 aromatic carbocycles. The molecular formula is C12H15NOS. The third-order valence-corrected chi connectivity index (χ3v) is 5.17. The van der Waals surface area contributed by atoms with Gasteiger partial charge in [0.15, 0.2) is 0 Å². The van der Waals surface area contributed by atoms with Crippen molar-refractivity contribution >= 4 is 10.8 Å². The second kappa shape index (κ2) is 3.42. The minimum atomic E-state index is -0.498. The van der Waals surface area contributed by atoms with Gasteiger partial charge in [-0.3, -0.25) is 9.11 Å².